The molecule has 1 amide bonds. The van der Waals surface area contributed by atoms with Crippen molar-refractivity contribution >= 4 is 28.0 Å². The van der Waals surface area contributed by atoms with Crippen molar-refractivity contribution < 1.29 is 4.79 Å². The van der Waals surface area contributed by atoms with E-state index >= 15 is 0 Å². The number of piperidine rings is 1. The van der Waals surface area contributed by atoms with E-state index in [9.17, 15) is 4.79 Å². The first kappa shape index (κ1) is 21.6. The molecule has 0 spiro atoms. The normalized spacial score (nSPS) is 17.4. The molecule has 1 saturated carbocycles. The highest BCUT2D eigenvalue weighted by Gasteiger charge is 2.32. The molecule has 5 rings (SSSR count). The summed E-state index contributed by atoms with van der Waals surface area (Å²) in [5.74, 6) is 1.09. The smallest absolute Gasteiger partial charge is 0.265 e. The first-order chi connectivity index (χ1) is 15.6. The average molecular weight is 448 g/mol. The van der Waals surface area contributed by atoms with Crippen molar-refractivity contribution in [3.05, 3.63) is 53.0 Å². The van der Waals surface area contributed by atoms with Crippen molar-refractivity contribution in [2.24, 2.45) is 5.92 Å². The molecule has 168 valence electrons. The van der Waals surface area contributed by atoms with E-state index in [0.717, 1.165) is 53.0 Å². The zero-order valence-electron chi connectivity index (χ0n) is 19.2. The van der Waals surface area contributed by atoms with Gasteiger partial charge in [-0.2, -0.15) is 0 Å². The SMILES string of the molecule is CCCN(CC1CC1)C1CCN(C(=O)c2sc(-c3cccc4ccccc34)nc2C)CC1. The van der Waals surface area contributed by atoms with Crippen LogP contribution in [0.5, 0.6) is 0 Å². The van der Waals surface area contributed by atoms with Gasteiger partial charge in [0, 0.05) is 31.2 Å². The minimum Gasteiger partial charge on any atom is -0.338 e. The van der Waals surface area contributed by atoms with Crippen LogP contribution in [0.4, 0.5) is 0 Å². The second-order valence-electron chi connectivity index (χ2n) is 9.42. The Morgan fingerprint density at radius 1 is 1.09 bits per heavy atom. The second kappa shape index (κ2) is 9.32. The molecule has 2 aromatic carbocycles. The number of rotatable bonds is 7. The van der Waals surface area contributed by atoms with Crippen LogP contribution in [0, 0.1) is 12.8 Å². The van der Waals surface area contributed by atoms with Gasteiger partial charge in [-0.05, 0) is 62.3 Å². The Balaban J connectivity index is 1.30. The molecule has 2 fully saturated rings. The van der Waals surface area contributed by atoms with Crippen molar-refractivity contribution in [2.75, 3.05) is 26.2 Å². The van der Waals surface area contributed by atoms with Gasteiger partial charge in [0.05, 0.1) is 5.69 Å². The van der Waals surface area contributed by atoms with Gasteiger partial charge in [-0.25, -0.2) is 4.98 Å². The molecular weight excluding hydrogens is 414 g/mol. The monoisotopic (exact) mass is 447 g/mol. The largest absolute Gasteiger partial charge is 0.338 e. The summed E-state index contributed by atoms with van der Waals surface area (Å²) < 4.78 is 0. The van der Waals surface area contributed by atoms with Gasteiger partial charge in [-0.15, -0.1) is 11.3 Å². The molecule has 0 unspecified atom stereocenters. The number of likely N-dealkylation sites (tertiary alicyclic amines) is 1. The maximum Gasteiger partial charge on any atom is 0.265 e. The van der Waals surface area contributed by atoms with E-state index in [1.807, 2.05) is 6.92 Å². The highest BCUT2D eigenvalue weighted by atomic mass is 32.1. The van der Waals surface area contributed by atoms with Crippen LogP contribution in [-0.2, 0) is 0 Å². The fourth-order valence-electron chi connectivity index (χ4n) is 5.04. The van der Waals surface area contributed by atoms with Crippen LogP contribution in [0.1, 0.15) is 54.4 Å². The van der Waals surface area contributed by atoms with Crippen LogP contribution < -0.4 is 0 Å². The number of aromatic nitrogens is 1. The first-order valence-corrected chi connectivity index (χ1v) is 12.9. The van der Waals surface area contributed by atoms with Gasteiger partial charge in [0.1, 0.15) is 9.88 Å². The zero-order chi connectivity index (χ0) is 22.1. The summed E-state index contributed by atoms with van der Waals surface area (Å²) in [6, 6.07) is 15.3. The Morgan fingerprint density at radius 3 is 2.59 bits per heavy atom. The maximum absolute atomic E-state index is 13.4. The van der Waals surface area contributed by atoms with Crippen LogP contribution in [0.2, 0.25) is 0 Å². The van der Waals surface area contributed by atoms with E-state index in [1.165, 1.54) is 43.1 Å². The number of nitrogens with zero attached hydrogens (tertiary/aromatic N) is 3. The minimum atomic E-state index is 0.161. The topological polar surface area (TPSA) is 36.4 Å². The van der Waals surface area contributed by atoms with Gasteiger partial charge in [0.15, 0.2) is 0 Å². The number of thiazole rings is 1. The fraction of sp³-hybridized carbons (Fsp3) is 0.481. The van der Waals surface area contributed by atoms with Crippen LogP contribution in [0.3, 0.4) is 0 Å². The first-order valence-electron chi connectivity index (χ1n) is 12.1. The summed E-state index contributed by atoms with van der Waals surface area (Å²) in [7, 11) is 0. The molecule has 32 heavy (non-hydrogen) atoms. The summed E-state index contributed by atoms with van der Waals surface area (Å²) in [6.45, 7) is 8.42. The van der Waals surface area contributed by atoms with Crippen molar-refractivity contribution in [3.63, 3.8) is 0 Å². The molecule has 0 N–H and O–H groups in total. The Kier molecular flexibility index (Phi) is 6.29. The number of benzene rings is 2. The summed E-state index contributed by atoms with van der Waals surface area (Å²) in [5.41, 5.74) is 1.97. The standard InChI is InChI=1S/C27H33N3OS/c1-3-15-30(18-20-11-12-20)22-13-16-29(17-14-22)27(31)25-19(2)28-26(32-25)24-10-6-8-21-7-4-5-9-23(21)24/h4-10,20,22H,3,11-18H2,1-2H3. The Labute approximate surface area is 195 Å². The molecule has 2 aliphatic rings. The fourth-order valence-corrected chi connectivity index (χ4v) is 6.12. The molecule has 0 atom stereocenters. The van der Waals surface area contributed by atoms with Gasteiger partial charge in [0.2, 0.25) is 0 Å². The molecule has 5 heteroatoms. The third kappa shape index (κ3) is 4.46. The van der Waals surface area contributed by atoms with E-state index in [2.05, 4.69) is 59.2 Å². The minimum absolute atomic E-state index is 0.161. The predicted molar refractivity (Wildman–Crippen MR) is 133 cm³/mol. The summed E-state index contributed by atoms with van der Waals surface area (Å²) >= 11 is 1.55. The van der Waals surface area contributed by atoms with Crippen molar-refractivity contribution in [1.29, 1.82) is 0 Å². The number of hydrogen-bond acceptors (Lipinski definition) is 4. The quantitative estimate of drug-likeness (QED) is 0.446. The highest BCUT2D eigenvalue weighted by molar-refractivity contribution is 7.17. The molecule has 1 aliphatic heterocycles. The van der Waals surface area contributed by atoms with Gasteiger partial charge >= 0.3 is 0 Å². The van der Waals surface area contributed by atoms with Gasteiger partial charge in [0.25, 0.3) is 5.91 Å². The number of hydrogen-bond donors (Lipinski definition) is 0. The molecule has 1 saturated heterocycles. The van der Waals surface area contributed by atoms with Crippen molar-refractivity contribution in [1.82, 2.24) is 14.8 Å². The Hall–Kier alpha value is -2.24. The predicted octanol–water partition coefficient (Wildman–Crippen LogP) is 6.00. The summed E-state index contributed by atoms with van der Waals surface area (Å²) in [6.07, 6.45) is 6.20. The second-order valence-corrected chi connectivity index (χ2v) is 10.4. The zero-order valence-corrected chi connectivity index (χ0v) is 20.0. The number of amides is 1. The van der Waals surface area contributed by atoms with E-state index in [1.54, 1.807) is 11.3 Å². The molecule has 2 heterocycles. The number of carbonyl (C=O) groups is 1. The maximum atomic E-state index is 13.4. The lowest BCUT2D eigenvalue weighted by Gasteiger charge is -2.38. The Bertz CT molecular complexity index is 1090. The molecule has 4 nitrogen and oxygen atoms in total. The number of carbonyl (C=O) groups excluding carboxylic acids is 1. The van der Waals surface area contributed by atoms with Gasteiger partial charge < -0.3 is 4.90 Å². The summed E-state index contributed by atoms with van der Waals surface area (Å²) in [4.78, 5) is 23.8. The van der Waals surface area contributed by atoms with E-state index in [-0.39, 0.29) is 5.91 Å². The third-order valence-electron chi connectivity index (χ3n) is 6.98. The van der Waals surface area contributed by atoms with E-state index < -0.39 is 0 Å². The lowest BCUT2D eigenvalue weighted by Crippen LogP contribution is -2.47. The van der Waals surface area contributed by atoms with Crippen molar-refractivity contribution in [2.45, 2.75) is 52.0 Å². The van der Waals surface area contributed by atoms with Gasteiger partial charge in [-0.3, -0.25) is 9.69 Å². The van der Waals surface area contributed by atoms with Crippen molar-refractivity contribution in [3.8, 4) is 10.6 Å². The lowest BCUT2D eigenvalue weighted by molar-refractivity contribution is 0.0615. The van der Waals surface area contributed by atoms with Gasteiger partial charge in [-0.1, -0.05) is 49.4 Å². The van der Waals surface area contributed by atoms with Crippen LogP contribution in [-0.4, -0.2) is 52.9 Å². The molecule has 0 radical (unpaired) electrons. The number of fused-ring (bicyclic) bond motifs is 1. The molecule has 1 aromatic heterocycles. The molecule has 3 aromatic rings. The Morgan fingerprint density at radius 2 is 1.84 bits per heavy atom. The number of aryl methyl sites for hydroxylation is 1. The molecule has 1 aliphatic carbocycles. The highest BCUT2D eigenvalue weighted by Crippen LogP contribution is 2.35. The van der Waals surface area contributed by atoms with E-state index in [4.69, 9.17) is 4.98 Å². The van der Waals surface area contributed by atoms with Crippen LogP contribution in [0.25, 0.3) is 21.3 Å². The lowest BCUT2D eigenvalue weighted by atomic mass is 10.0. The molecular formula is C27H33N3OS. The molecule has 0 bridgehead atoms. The van der Waals surface area contributed by atoms with Crippen LogP contribution in [0.15, 0.2) is 42.5 Å². The summed E-state index contributed by atoms with van der Waals surface area (Å²) in [5, 5.41) is 3.34. The third-order valence-corrected chi connectivity index (χ3v) is 8.16. The van der Waals surface area contributed by atoms with E-state index in [0.29, 0.717) is 6.04 Å². The van der Waals surface area contributed by atoms with Crippen LogP contribution >= 0.6 is 11.3 Å². The average Bonchev–Trinajstić information content (AvgIpc) is 3.57.